The smallest absolute Gasteiger partial charge is 0.268 e. The van der Waals surface area contributed by atoms with E-state index >= 15 is 0 Å². The van der Waals surface area contributed by atoms with Gasteiger partial charge < -0.3 is 0 Å². The van der Waals surface area contributed by atoms with E-state index in [4.69, 9.17) is 11.6 Å². The fourth-order valence-corrected chi connectivity index (χ4v) is 4.21. The standard InChI is InChI=1S/C13H9ClF3NO3S2/c1-7-2-3-8(9(6-7)13(15,16)17)12(19)18-23(20,21)11-5-4-10(14)22-11/h2-6H,1H3,(H,18,19). The predicted molar refractivity (Wildman–Crippen MR) is 80.2 cm³/mol. The van der Waals surface area contributed by atoms with Crippen molar-refractivity contribution in [1.82, 2.24) is 4.72 Å². The van der Waals surface area contributed by atoms with Gasteiger partial charge in [-0.3, -0.25) is 4.79 Å². The van der Waals surface area contributed by atoms with E-state index < -0.39 is 33.2 Å². The van der Waals surface area contributed by atoms with Crippen LogP contribution in [0.25, 0.3) is 0 Å². The number of alkyl halides is 3. The average molecular weight is 384 g/mol. The van der Waals surface area contributed by atoms with E-state index in [0.29, 0.717) is 16.9 Å². The molecule has 1 aromatic carbocycles. The SMILES string of the molecule is Cc1ccc(C(=O)NS(=O)(=O)c2ccc(Cl)s2)c(C(F)(F)F)c1. The minimum absolute atomic E-state index is 0.171. The molecular formula is C13H9ClF3NO3S2. The zero-order valence-electron chi connectivity index (χ0n) is 11.4. The molecule has 2 rings (SSSR count). The fraction of sp³-hybridized carbons (Fsp3) is 0.154. The summed E-state index contributed by atoms with van der Waals surface area (Å²) < 4.78 is 64.5. The van der Waals surface area contributed by atoms with Gasteiger partial charge in [0.25, 0.3) is 15.9 Å². The van der Waals surface area contributed by atoms with Crippen molar-refractivity contribution in [2.24, 2.45) is 0 Å². The summed E-state index contributed by atoms with van der Waals surface area (Å²) in [7, 11) is -4.29. The van der Waals surface area contributed by atoms with Crippen LogP contribution >= 0.6 is 22.9 Å². The molecule has 124 valence electrons. The normalized spacial score (nSPS) is 12.2. The first kappa shape index (κ1) is 17.8. The molecule has 0 bridgehead atoms. The van der Waals surface area contributed by atoms with Crippen LogP contribution in [-0.2, 0) is 16.2 Å². The number of hydrogen-bond acceptors (Lipinski definition) is 4. The molecule has 4 nitrogen and oxygen atoms in total. The monoisotopic (exact) mass is 383 g/mol. The number of thiophene rings is 1. The number of benzene rings is 1. The summed E-state index contributed by atoms with van der Waals surface area (Å²) in [4.78, 5) is 12.0. The number of carbonyl (C=O) groups is 1. The summed E-state index contributed by atoms with van der Waals surface area (Å²) in [5.41, 5.74) is -1.68. The van der Waals surface area contributed by atoms with Gasteiger partial charge in [0.05, 0.1) is 15.5 Å². The van der Waals surface area contributed by atoms with Crippen LogP contribution < -0.4 is 4.72 Å². The van der Waals surface area contributed by atoms with Gasteiger partial charge in [0.2, 0.25) is 0 Å². The Morgan fingerprint density at radius 1 is 1.22 bits per heavy atom. The minimum atomic E-state index is -4.78. The van der Waals surface area contributed by atoms with Crippen LogP contribution in [0.15, 0.2) is 34.5 Å². The third-order valence-corrected chi connectivity index (χ3v) is 5.82. The Labute approximate surface area is 138 Å². The van der Waals surface area contributed by atoms with Gasteiger partial charge in [-0.2, -0.15) is 13.2 Å². The Hall–Kier alpha value is -1.58. The summed E-state index contributed by atoms with van der Waals surface area (Å²) in [6, 6.07) is 5.47. The summed E-state index contributed by atoms with van der Waals surface area (Å²) >= 11 is 6.30. The van der Waals surface area contributed by atoms with Crippen LogP contribution in [0, 0.1) is 6.92 Å². The van der Waals surface area contributed by atoms with Gasteiger partial charge in [0, 0.05) is 0 Å². The van der Waals surface area contributed by atoms with Crippen molar-refractivity contribution in [3.05, 3.63) is 51.4 Å². The highest BCUT2D eigenvalue weighted by Crippen LogP contribution is 2.33. The van der Waals surface area contributed by atoms with Crippen molar-refractivity contribution in [1.29, 1.82) is 0 Å². The first-order chi connectivity index (χ1) is 10.5. The van der Waals surface area contributed by atoms with Gasteiger partial charge in [-0.05, 0) is 31.2 Å². The number of amides is 1. The molecule has 0 fully saturated rings. The first-order valence-electron chi connectivity index (χ1n) is 6.01. The van der Waals surface area contributed by atoms with E-state index in [1.54, 1.807) is 4.72 Å². The second kappa shape index (κ2) is 6.14. The van der Waals surface area contributed by atoms with Gasteiger partial charge in [0.15, 0.2) is 0 Å². The van der Waals surface area contributed by atoms with Gasteiger partial charge in [-0.25, -0.2) is 13.1 Å². The van der Waals surface area contributed by atoms with Crippen molar-refractivity contribution < 1.29 is 26.4 Å². The summed E-state index contributed by atoms with van der Waals surface area (Å²) in [6.07, 6.45) is -4.78. The van der Waals surface area contributed by atoms with Gasteiger partial charge >= 0.3 is 6.18 Å². The molecule has 1 heterocycles. The molecule has 23 heavy (non-hydrogen) atoms. The van der Waals surface area contributed by atoms with Crippen LogP contribution in [-0.4, -0.2) is 14.3 Å². The van der Waals surface area contributed by atoms with E-state index in [0.717, 1.165) is 18.2 Å². The molecule has 2 aromatic rings. The van der Waals surface area contributed by atoms with E-state index in [9.17, 15) is 26.4 Å². The number of sulfonamides is 1. The molecule has 1 aromatic heterocycles. The van der Waals surface area contributed by atoms with E-state index in [2.05, 4.69) is 0 Å². The fourth-order valence-electron chi connectivity index (χ4n) is 1.76. The lowest BCUT2D eigenvalue weighted by Gasteiger charge is -2.13. The maximum Gasteiger partial charge on any atom is 0.417 e. The molecule has 1 N–H and O–H groups in total. The minimum Gasteiger partial charge on any atom is -0.268 e. The van der Waals surface area contributed by atoms with Gasteiger partial charge in [0.1, 0.15) is 4.21 Å². The largest absolute Gasteiger partial charge is 0.417 e. The topological polar surface area (TPSA) is 63.2 Å². The Kier molecular flexibility index (Phi) is 4.74. The Morgan fingerprint density at radius 2 is 1.87 bits per heavy atom. The lowest BCUT2D eigenvalue weighted by molar-refractivity contribution is -0.138. The molecule has 0 aliphatic rings. The van der Waals surface area contributed by atoms with Crippen molar-refractivity contribution in [2.75, 3.05) is 0 Å². The second-order valence-electron chi connectivity index (χ2n) is 4.54. The molecule has 0 unspecified atom stereocenters. The van der Waals surface area contributed by atoms with E-state index in [1.807, 2.05) is 0 Å². The van der Waals surface area contributed by atoms with Crippen LogP contribution in [0.1, 0.15) is 21.5 Å². The number of hydrogen-bond donors (Lipinski definition) is 1. The molecule has 0 spiro atoms. The second-order valence-corrected chi connectivity index (χ2v) is 8.16. The maximum atomic E-state index is 13.0. The first-order valence-corrected chi connectivity index (χ1v) is 8.69. The summed E-state index contributed by atoms with van der Waals surface area (Å²) in [6.45, 7) is 1.43. The Morgan fingerprint density at radius 3 is 2.39 bits per heavy atom. The van der Waals surface area contributed by atoms with E-state index in [1.165, 1.54) is 19.1 Å². The molecule has 0 aliphatic heterocycles. The van der Waals surface area contributed by atoms with Gasteiger partial charge in [-0.15, -0.1) is 11.3 Å². The van der Waals surface area contributed by atoms with Crippen LogP contribution in [0.2, 0.25) is 4.34 Å². The van der Waals surface area contributed by atoms with Crippen molar-refractivity contribution in [3.63, 3.8) is 0 Å². The third-order valence-electron chi connectivity index (χ3n) is 2.77. The zero-order chi connectivity index (χ0) is 17.4. The number of halogens is 4. The highest BCUT2D eigenvalue weighted by molar-refractivity contribution is 7.92. The molecule has 1 amide bonds. The molecule has 0 saturated heterocycles. The lowest BCUT2D eigenvalue weighted by atomic mass is 10.0. The van der Waals surface area contributed by atoms with Crippen LogP contribution in [0.3, 0.4) is 0 Å². The van der Waals surface area contributed by atoms with Crippen LogP contribution in [0.4, 0.5) is 13.2 Å². The molecule has 0 aliphatic carbocycles. The molecule has 10 heteroatoms. The lowest BCUT2D eigenvalue weighted by Crippen LogP contribution is -2.31. The van der Waals surface area contributed by atoms with Crippen molar-refractivity contribution in [2.45, 2.75) is 17.3 Å². The highest BCUT2D eigenvalue weighted by Gasteiger charge is 2.36. The Bertz CT molecular complexity index is 860. The summed E-state index contributed by atoms with van der Waals surface area (Å²) in [5, 5.41) is 0. The van der Waals surface area contributed by atoms with E-state index in [-0.39, 0.29) is 8.55 Å². The van der Waals surface area contributed by atoms with Crippen molar-refractivity contribution in [3.8, 4) is 0 Å². The highest BCUT2D eigenvalue weighted by atomic mass is 35.5. The average Bonchev–Trinajstić information content (AvgIpc) is 2.84. The number of nitrogens with one attached hydrogen (secondary N) is 1. The molecule has 0 atom stereocenters. The quantitative estimate of drug-likeness (QED) is 0.875. The molecule has 0 radical (unpaired) electrons. The van der Waals surface area contributed by atoms with Crippen molar-refractivity contribution >= 4 is 38.9 Å². The number of carbonyl (C=O) groups excluding carboxylic acids is 1. The maximum absolute atomic E-state index is 13.0. The number of aryl methyl sites for hydroxylation is 1. The van der Waals surface area contributed by atoms with Crippen LogP contribution in [0.5, 0.6) is 0 Å². The summed E-state index contributed by atoms with van der Waals surface area (Å²) in [5.74, 6) is -1.36. The third kappa shape index (κ3) is 4.04. The zero-order valence-corrected chi connectivity index (χ0v) is 13.8. The molecule has 0 saturated carbocycles. The predicted octanol–water partition coefficient (Wildman–Crippen LogP) is 3.85. The Balaban J connectivity index is 2.39. The van der Waals surface area contributed by atoms with Gasteiger partial charge in [-0.1, -0.05) is 23.2 Å². The number of rotatable bonds is 3. The molecular weight excluding hydrogens is 375 g/mol.